The number of rotatable bonds is 17. The first-order valence-corrected chi connectivity index (χ1v) is 9.04. The molecular weight excluding hydrogens is 374 g/mol. The summed E-state index contributed by atoms with van der Waals surface area (Å²) in [6.07, 6.45) is 5.11. The fourth-order valence-electron chi connectivity index (χ4n) is 1.97. The molecule has 0 aromatic heterocycles. The maximum absolute atomic E-state index is 11.5. The third-order valence-corrected chi connectivity index (χ3v) is 3.32. The number of amides is 2. The summed E-state index contributed by atoms with van der Waals surface area (Å²) >= 11 is 0. The second-order valence-corrected chi connectivity index (χ2v) is 5.50. The molecule has 28 heavy (non-hydrogen) atoms. The maximum Gasteiger partial charge on any atom is 0.335 e. The summed E-state index contributed by atoms with van der Waals surface area (Å²) in [5, 5.41) is 0.517. The van der Waals surface area contributed by atoms with Crippen molar-refractivity contribution in [3.8, 4) is 12.3 Å². The fourth-order valence-corrected chi connectivity index (χ4v) is 1.97. The predicted octanol–water partition coefficient (Wildman–Crippen LogP) is -0.300. The van der Waals surface area contributed by atoms with Crippen LogP contribution < -0.4 is 0 Å². The quantitative estimate of drug-likeness (QED) is 0.184. The van der Waals surface area contributed by atoms with Gasteiger partial charge in [-0.25, -0.2) is 4.79 Å². The first-order chi connectivity index (χ1) is 13.6. The van der Waals surface area contributed by atoms with Crippen molar-refractivity contribution in [1.82, 2.24) is 5.06 Å². The van der Waals surface area contributed by atoms with E-state index in [-0.39, 0.29) is 32.5 Å². The smallest absolute Gasteiger partial charge is 0.335 e. The SMILES string of the molecule is C#CCOCCOCCOCCOCCOCCC(=O)ON1C(=O)CCC1=O. The van der Waals surface area contributed by atoms with Crippen molar-refractivity contribution in [3.63, 3.8) is 0 Å². The van der Waals surface area contributed by atoms with Gasteiger partial charge in [-0.3, -0.25) is 9.59 Å². The Morgan fingerprint density at radius 3 is 1.68 bits per heavy atom. The standard InChI is InChI=1S/C18H27NO9/c1-2-6-23-8-10-25-12-14-27-15-13-26-11-9-24-7-5-18(22)28-19-16(20)3-4-17(19)21/h1H,3-15H2. The molecule has 1 saturated heterocycles. The molecule has 1 aliphatic heterocycles. The number of carbonyl (C=O) groups excluding carboxylic acids is 3. The van der Waals surface area contributed by atoms with Gasteiger partial charge in [0.25, 0.3) is 11.8 Å². The van der Waals surface area contributed by atoms with Crippen LogP contribution in [0.1, 0.15) is 19.3 Å². The van der Waals surface area contributed by atoms with E-state index >= 15 is 0 Å². The first kappa shape index (κ1) is 24.0. The largest absolute Gasteiger partial charge is 0.378 e. The normalized spacial score (nSPS) is 13.8. The molecule has 0 unspecified atom stereocenters. The third kappa shape index (κ3) is 11.6. The minimum atomic E-state index is -0.692. The van der Waals surface area contributed by atoms with Gasteiger partial charge in [-0.1, -0.05) is 5.92 Å². The second-order valence-electron chi connectivity index (χ2n) is 5.50. The van der Waals surface area contributed by atoms with Crippen LogP contribution in [0.5, 0.6) is 0 Å². The minimum absolute atomic E-state index is 0.0616. The van der Waals surface area contributed by atoms with Crippen LogP contribution >= 0.6 is 0 Å². The zero-order valence-corrected chi connectivity index (χ0v) is 15.9. The molecule has 0 aliphatic carbocycles. The van der Waals surface area contributed by atoms with Crippen molar-refractivity contribution < 1.29 is 42.9 Å². The third-order valence-electron chi connectivity index (χ3n) is 3.32. The molecule has 0 bridgehead atoms. The lowest BCUT2D eigenvalue weighted by molar-refractivity contribution is -0.198. The van der Waals surface area contributed by atoms with Crippen LogP contribution in [-0.4, -0.2) is 88.9 Å². The summed E-state index contributed by atoms with van der Waals surface area (Å²) in [4.78, 5) is 38.8. The minimum Gasteiger partial charge on any atom is -0.378 e. The van der Waals surface area contributed by atoms with Gasteiger partial charge in [0, 0.05) is 12.8 Å². The number of nitrogens with zero attached hydrogens (tertiary/aromatic N) is 1. The van der Waals surface area contributed by atoms with E-state index in [0.717, 1.165) is 0 Å². The van der Waals surface area contributed by atoms with Gasteiger partial charge in [-0.05, 0) is 0 Å². The molecule has 10 heteroatoms. The summed E-state index contributed by atoms with van der Waals surface area (Å²) in [6, 6.07) is 0. The first-order valence-electron chi connectivity index (χ1n) is 9.04. The van der Waals surface area contributed by atoms with Gasteiger partial charge in [-0.15, -0.1) is 11.5 Å². The molecule has 0 aromatic rings. The van der Waals surface area contributed by atoms with Crippen molar-refractivity contribution in [2.75, 3.05) is 66.1 Å². The van der Waals surface area contributed by atoms with Crippen molar-refractivity contribution >= 4 is 17.8 Å². The van der Waals surface area contributed by atoms with Gasteiger partial charge < -0.3 is 28.5 Å². The lowest BCUT2D eigenvalue weighted by Crippen LogP contribution is -2.32. The van der Waals surface area contributed by atoms with E-state index in [2.05, 4.69) is 5.92 Å². The molecule has 10 nitrogen and oxygen atoms in total. The van der Waals surface area contributed by atoms with E-state index in [0.29, 0.717) is 57.9 Å². The van der Waals surface area contributed by atoms with Crippen molar-refractivity contribution in [1.29, 1.82) is 0 Å². The maximum atomic E-state index is 11.5. The molecule has 0 saturated carbocycles. The molecule has 0 aromatic carbocycles. The molecule has 0 radical (unpaired) electrons. The number of hydroxylamine groups is 2. The van der Waals surface area contributed by atoms with Gasteiger partial charge in [0.1, 0.15) is 6.61 Å². The van der Waals surface area contributed by atoms with Crippen LogP contribution in [0.4, 0.5) is 0 Å². The van der Waals surface area contributed by atoms with E-state index in [1.807, 2.05) is 0 Å². The predicted molar refractivity (Wildman–Crippen MR) is 94.7 cm³/mol. The van der Waals surface area contributed by atoms with E-state index in [9.17, 15) is 14.4 Å². The average Bonchev–Trinajstić information content (AvgIpc) is 2.99. The van der Waals surface area contributed by atoms with Crippen LogP contribution in [0.2, 0.25) is 0 Å². The number of ether oxygens (including phenoxy) is 5. The van der Waals surface area contributed by atoms with Gasteiger partial charge in [-0.2, -0.15) is 0 Å². The fraction of sp³-hybridized carbons (Fsp3) is 0.722. The Balaban J connectivity index is 1.79. The van der Waals surface area contributed by atoms with E-state index in [4.69, 9.17) is 34.9 Å². The summed E-state index contributed by atoms with van der Waals surface area (Å²) in [5.74, 6) is 0.665. The van der Waals surface area contributed by atoms with Gasteiger partial charge in [0.05, 0.1) is 65.9 Å². The average molecular weight is 401 g/mol. The summed E-state index contributed by atoms with van der Waals surface area (Å²) < 4.78 is 26.2. The topological polar surface area (TPSA) is 110 Å². The Labute approximate surface area is 164 Å². The van der Waals surface area contributed by atoms with Crippen LogP contribution in [0, 0.1) is 12.3 Å². The van der Waals surface area contributed by atoms with Gasteiger partial charge in [0.15, 0.2) is 0 Å². The van der Waals surface area contributed by atoms with Crippen molar-refractivity contribution in [2.45, 2.75) is 19.3 Å². The highest BCUT2D eigenvalue weighted by atomic mass is 16.7. The molecule has 2 amide bonds. The Hall–Kier alpha value is -2.03. The Bertz CT molecular complexity index is 502. The lowest BCUT2D eigenvalue weighted by Gasteiger charge is -2.12. The number of imide groups is 1. The Kier molecular flexibility index (Phi) is 13.7. The molecule has 1 rings (SSSR count). The zero-order valence-electron chi connectivity index (χ0n) is 15.9. The number of hydrogen-bond donors (Lipinski definition) is 0. The van der Waals surface area contributed by atoms with E-state index < -0.39 is 17.8 Å². The van der Waals surface area contributed by atoms with Crippen LogP contribution in [0.3, 0.4) is 0 Å². The summed E-state index contributed by atoms with van der Waals surface area (Å²) in [5.41, 5.74) is 0. The monoisotopic (exact) mass is 401 g/mol. The molecule has 0 spiro atoms. The van der Waals surface area contributed by atoms with Crippen molar-refractivity contribution in [3.05, 3.63) is 0 Å². The van der Waals surface area contributed by atoms with E-state index in [1.54, 1.807) is 0 Å². The number of carbonyl (C=O) groups is 3. The Morgan fingerprint density at radius 2 is 1.21 bits per heavy atom. The van der Waals surface area contributed by atoms with E-state index in [1.165, 1.54) is 0 Å². The Morgan fingerprint density at radius 1 is 0.786 bits per heavy atom. The summed E-state index contributed by atoms with van der Waals surface area (Å²) in [7, 11) is 0. The molecule has 1 heterocycles. The lowest BCUT2D eigenvalue weighted by atomic mass is 10.4. The van der Waals surface area contributed by atoms with Crippen LogP contribution in [0.15, 0.2) is 0 Å². The molecule has 0 N–H and O–H groups in total. The molecule has 1 aliphatic rings. The van der Waals surface area contributed by atoms with Gasteiger partial charge in [0.2, 0.25) is 0 Å². The van der Waals surface area contributed by atoms with Crippen LogP contribution in [-0.2, 0) is 42.9 Å². The number of terminal acetylenes is 1. The number of hydrogen-bond acceptors (Lipinski definition) is 9. The van der Waals surface area contributed by atoms with Gasteiger partial charge >= 0.3 is 5.97 Å². The second kappa shape index (κ2) is 16.0. The highest BCUT2D eigenvalue weighted by Gasteiger charge is 2.32. The summed E-state index contributed by atoms with van der Waals surface area (Å²) in [6.45, 7) is 3.74. The molecule has 0 atom stereocenters. The molecule has 1 fully saturated rings. The zero-order chi connectivity index (χ0) is 20.5. The molecule has 158 valence electrons. The highest BCUT2D eigenvalue weighted by Crippen LogP contribution is 2.12. The molecular formula is C18H27NO9. The highest BCUT2D eigenvalue weighted by molar-refractivity contribution is 6.01. The van der Waals surface area contributed by atoms with Crippen LogP contribution in [0.25, 0.3) is 0 Å². The van der Waals surface area contributed by atoms with Crippen molar-refractivity contribution in [2.24, 2.45) is 0 Å².